The maximum atomic E-state index is 5.66. The van der Waals surface area contributed by atoms with Gasteiger partial charge in [0.15, 0.2) is 0 Å². The van der Waals surface area contributed by atoms with E-state index in [0.29, 0.717) is 0 Å². The minimum absolute atomic E-state index is 0.282. The summed E-state index contributed by atoms with van der Waals surface area (Å²) in [6.45, 7) is 0. The maximum Gasteiger partial charge on any atom is 0.0471 e. The van der Waals surface area contributed by atoms with Gasteiger partial charge in [-0.3, -0.25) is 11.3 Å². The molecule has 0 aliphatic heterocycles. The van der Waals surface area contributed by atoms with E-state index >= 15 is 0 Å². The first-order valence-corrected chi connectivity index (χ1v) is 7.49. The van der Waals surface area contributed by atoms with Gasteiger partial charge in [0.2, 0.25) is 0 Å². The maximum absolute atomic E-state index is 5.66. The molecule has 4 heteroatoms. The molecular formula is C12H16BrIN2. The van der Waals surface area contributed by atoms with E-state index in [1.54, 1.807) is 0 Å². The minimum Gasteiger partial charge on any atom is -0.271 e. The molecule has 1 saturated carbocycles. The van der Waals surface area contributed by atoms with Crippen molar-refractivity contribution in [2.75, 3.05) is 0 Å². The molecule has 1 aliphatic carbocycles. The Morgan fingerprint density at radius 1 is 1.50 bits per heavy atom. The molecule has 16 heavy (non-hydrogen) atoms. The molecule has 0 radical (unpaired) electrons. The van der Waals surface area contributed by atoms with Crippen molar-refractivity contribution < 1.29 is 0 Å². The average molecular weight is 395 g/mol. The van der Waals surface area contributed by atoms with Crippen LogP contribution in [0.2, 0.25) is 0 Å². The number of halogens is 2. The zero-order chi connectivity index (χ0) is 11.5. The summed E-state index contributed by atoms with van der Waals surface area (Å²) in [5, 5.41) is 0. The lowest BCUT2D eigenvalue weighted by Gasteiger charge is -2.18. The minimum atomic E-state index is 0.282. The smallest absolute Gasteiger partial charge is 0.0471 e. The largest absolute Gasteiger partial charge is 0.271 e. The highest BCUT2D eigenvalue weighted by molar-refractivity contribution is 14.1. The average Bonchev–Trinajstić information content (AvgIpc) is 3.07. The van der Waals surface area contributed by atoms with E-state index in [-0.39, 0.29) is 6.04 Å². The van der Waals surface area contributed by atoms with E-state index in [1.807, 2.05) is 0 Å². The molecule has 0 aromatic heterocycles. The topological polar surface area (TPSA) is 38.0 Å². The van der Waals surface area contributed by atoms with Crippen LogP contribution in [-0.2, 0) is 0 Å². The van der Waals surface area contributed by atoms with Crippen molar-refractivity contribution in [2.45, 2.75) is 31.7 Å². The van der Waals surface area contributed by atoms with Gasteiger partial charge in [-0.05, 0) is 65.1 Å². The van der Waals surface area contributed by atoms with Gasteiger partial charge in [0.1, 0.15) is 0 Å². The molecule has 88 valence electrons. The zero-order valence-corrected chi connectivity index (χ0v) is 12.8. The van der Waals surface area contributed by atoms with Gasteiger partial charge >= 0.3 is 0 Å². The molecule has 1 atom stereocenters. The fraction of sp³-hybridized carbons (Fsp3) is 0.500. The van der Waals surface area contributed by atoms with Crippen LogP contribution in [0.4, 0.5) is 0 Å². The first kappa shape index (κ1) is 12.8. The molecule has 0 amide bonds. The van der Waals surface area contributed by atoms with Gasteiger partial charge in [0, 0.05) is 14.1 Å². The van der Waals surface area contributed by atoms with Crippen LogP contribution >= 0.6 is 38.5 Å². The molecular weight excluding hydrogens is 379 g/mol. The number of hydrogen-bond acceptors (Lipinski definition) is 2. The number of hydrogen-bond donors (Lipinski definition) is 2. The summed E-state index contributed by atoms with van der Waals surface area (Å²) in [5.74, 6) is 6.62. The lowest BCUT2D eigenvalue weighted by Crippen LogP contribution is -2.28. The second-order valence-electron chi connectivity index (χ2n) is 4.41. The van der Waals surface area contributed by atoms with Crippen molar-refractivity contribution in [2.24, 2.45) is 11.8 Å². The third-order valence-electron chi connectivity index (χ3n) is 3.10. The van der Waals surface area contributed by atoms with Crippen LogP contribution in [0, 0.1) is 9.49 Å². The van der Waals surface area contributed by atoms with Crippen LogP contribution in [0.5, 0.6) is 0 Å². The number of nitrogens with one attached hydrogen (secondary N) is 1. The molecule has 1 unspecified atom stereocenters. The summed E-state index contributed by atoms with van der Waals surface area (Å²) in [6.07, 6.45) is 5.24. The fourth-order valence-electron chi connectivity index (χ4n) is 1.92. The van der Waals surface area contributed by atoms with E-state index in [4.69, 9.17) is 5.84 Å². The second-order valence-corrected chi connectivity index (χ2v) is 6.48. The van der Waals surface area contributed by atoms with Crippen LogP contribution < -0.4 is 11.3 Å². The predicted molar refractivity (Wildman–Crippen MR) is 78.9 cm³/mol. The first-order valence-electron chi connectivity index (χ1n) is 5.62. The van der Waals surface area contributed by atoms with Crippen LogP contribution in [0.1, 0.15) is 37.3 Å². The van der Waals surface area contributed by atoms with Crippen LogP contribution in [0.3, 0.4) is 0 Å². The molecule has 0 saturated heterocycles. The summed E-state index contributed by atoms with van der Waals surface area (Å²) in [4.78, 5) is 0. The van der Waals surface area contributed by atoms with E-state index in [9.17, 15) is 0 Å². The normalized spacial score (nSPS) is 17.4. The molecule has 0 bridgehead atoms. The van der Waals surface area contributed by atoms with Crippen LogP contribution in [0.15, 0.2) is 22.7 Å². The highest BCUT2D eigenvalue weighted by atomic mass is 127. The molecule has 1 fully saturated rings. The van der Waals surface area contributed by atoms with Crippen LogP contribution in [0.25, 0.3) is 0 Å². The van der Waals surface area contributed by atoms with Gasteiger partial charge in [-0.1, -0.05) is 28.8 Å². The van der Waals surface area contributed by atoms with Gasteiger partial charge in [-0.25, -0.2) is 0 Å². The van der Waals surface area contributed by atoms with Crippen molar-refractivity contribution in [3.63, 3.8) is 0 Å². The number of benzene rings is 1. The molecule has 0 heterocycles. The van der Waals surface area contributed by atoms with Gasteiger partial charge in [-0.2, -0.15) is 0 Å². The van der Waals surface area contributed by atoms with Gasteiger partial charge < -0.3 is 0 Å². The number of nitrogens with two attached hydrogens (primary N) is 1. The van der Waals surface area contributed by atoms with Crippen molar-refractivity contribution in [1.82, 2.24) is 5.43 Å². The molecule has 3 N–H and O–H groups in total. The standard InChI is InChI=1S/C12H16BrIN2/c13-9-4-5-11(14)10(7-9)12(16-15)6-3-8-1-2-8/h4-5,7-8,12,16H,1-3,6,15H2. The van der Waals surface area contributed by atoms with E-state index in [0.717, 1.165) is 16.8 Å². The van der Waals surface area contributed by atoms with E-state index in [1.165, 1.54) is 28.4 Å². The SMILES string of the molecule is NNC(CCC1CC1)c1cc(Br)ccc1I. The Balaban J connectivity index is 2.07. The van der Waals surface area contributed by atoms with Crippen molar-refractivity contribution in [3.8, 4) is 0 Å². The summed E-state index contributed by atoms with van der Waals surface area (Å²) in [7, 11) is 0. The summed E-state index contributed by atoms with van der Waals surface area (Å²) in [6, 6.07) is 6.64. The summed E-state index contributed by atoms with van der Waals surface area (Å²) in [5.41, 5.74) is 4.25. The van der Waals surface area contributed by atoms with Crippen LogP contribution in [-0.4, -0.2) is 0 Å². The van der Waals surface area contributed by atoms with Gasteiger partial charge in [0.25, 0.3) is 0 Å². The van der Waals surface area contributed by atoms with Crippen molar-refractivity contribution in [1.29, 1.82) is 0 Å². The number of rotatable bonds is 5. The monoisotopic (exact) mass is 394 g/mol. The van der Waals surface area contributed by atoms with Crippen molar-refractivity contribution in [3.05, 3.63) is 31.8 Å². The third-order valence-corrected chi connectivity index (χ3v) is 4.57. The highest BCUT2D eigenvalue weighted by Gasteiger charge is 2.23. The Morgan fingerprint density at radius 2 is 2.25 bits per heavy atom. The molecule has 2 rings (SSSR count). The predicted octanol–water partition coefficient (Wildman–Crippen LogP) is 3.75. The van der Waals surface area contributed by atoms with E-state index in [2.05, 4.69) is 62.1 Å². The fourth-order valence-corrected chi connectivity index (χ4v) is 3.01. The highest BCUT2D eigenvalue weighted by Crippen LogP contribution is 2.36. The first-order chi connectivity index (χ1) is 7.70. The molecule has 1 aromatic carbocycles. The lowest BCUT2D eigenvalue weighted by atomic mass is 10.0. The van der Waals surface area contributed by atoms with Gasteiger partial charge in [0.05, 0.1) is 0 Å². The molecule has 2 nitrogen and oxygen atoms in total. The third kappa shape index (κ3) is 3.42. The second kappa shape index (κ2) is 5.80. The number of hydrazine groups is 1. The van der Waals surface area contributed by atoms with Crippen molar-refractivity contribution >= 4 is 38.5 Å². The Morgan fingerprint density at radius 3 is 2.88 bits per heavy atom. The molecule has 0 spiro atoms. The zero-order valence-electron chi connectivity index (χ0n) is 9.05. The Bertz CT molecular complexity index is 366. The Hall–Kier alpha value is 0.350. The Labute approximate surface area is 119 Å². The quantitative estimate of drug-likeness (QED) is 0.453. The van der Waals surface area contributed by atoms with Gasteiger partial charge in [-0.15, -0.1) is 0 Å². The summed E-state index contributed by atoms with van der Waals surface area (Å²) >= 11 is 5.89. The Kier molecular flexibility index (Phi) is 4.64. The molecule has 1 aliphatic rings. The summed E-state index contributed by atoms with van der Waals surface area (Å²) < 4.78 is 2.40. The van der Waals surface area contributed by atoms with E-state index < -0.39 is 0 Å². The lowest BCUT2D eigenvalue weighted by molar-refractivity contribution is 0.480. The molecule has 1 aromatic rings.